The molecule has 0 aromatic heterocycles. The minimum Gasteiger partial charge on any atom is -0.379 e. The van der Waals surface area contributed by atoms with Crippen molar-refractivity contribution >= 4 is 34.4 Å². The maximum absolute atomic E-state index is 12.8. The minimum absolute atomic E-state index is 0.160. The smallest absolute Gasteiger partial charge is 0.259 e. The molecule has 0 fully saturated rings. The van der Waals surface area contributed by atoms with Crippen LogP contribution in [-0.4, -0.2) is 61.2 Å². The number of carbonyl (C=O) groups is 2. The molecule has 0 saturated heterocycles. The van der Waals surface area contributed by atoms with Crippen molar-refractivity contribution < 1.29 is 19.1 Å². The lowest BCUT2D eigenvalue weighted by molar-refractivity contribution is -0.117. The van der Waals surface area contributed by atoms with Crippen molar-refractivity contribution in [2.24, 2.45) is 10.7 Å². The van der Waals surface area contributed by atoms with Crippen LogP contribution in [0.15, 0.2) is 23.2 Å². The number of hydrogen-bond acceptors (Lipinski definition) is 7. The van der Waals surface area contributed by atoms with Gasteiger partial charge in [-0.3, -0.25) is 14.6 Å². The number of amides is 2. The Bertz CT molecular complexity index is 741. The maximum Gasteiger partial charge on any atom is 0.259 e. The number of rotatable bonds is 10. The zero-order valence-electron chi connectivity index (χ0n) is 17.2. The number of aliphatic imine (C=N–C) groups is 1. The van der Waals surface area contributed by atoms with Gasteiger partial charge in [-0.1, -0.05) is 30.3 Å². The SMILES string of the molecule is Cc1ccc(NC(=O)CCOCCOCCN)c(C(=O)NC2=NC(C)C(C)S2)c1. The third-order valence-corrected chi connectivity index (χ3v) is 5.52. The number of anilines is 1. The van der Waals surface area contributed by atoms with E-state index < -0.39 is 0 Å². The first-order valence-corrected chi connectivity index (χ1v) is 10.6. The van der Waals surface area contributed by atoms with E-state index >= 15 is 0 Å². The second kappa shape index (κ2) is 11.9. The third kappa shape index (κ3) is 7.77. The fourth-order valence-electron chi connectivity index (χ4n) is 2.56. The van der Waals surface area contributed by atoms with Crippen LogP contribution < -0.4 is 16.4 Å². The maximum atomic E-state index is 12.8. The van der Waals surface area contributed by atoms with E-state index in [0.717, 1.165) is 5.56 Å². The number of thioether (sulfide) groups is 1. The number of ether oxygens (including phenoxy) is 2. The number of amidine groups is 1. The highest BCUT2D eigenvalue weighted by Gasteiger charge is 2.25. The lowest BCUT2D eigenvalue weighted by Gasteiger charge is -2.12. The first-order chi connectivity index (χ1) is 13.9. The van der Waals surface area contributed by atoms with Crippen LogP contribution in [0.3, 0.4) is 0 Å². The Morgan fingerprint density at radius 2 is 1.86 bits per heavy atom. The van der Waals surface area contributed by atoms with E-state index in [1.807, 2.05) is 19.9 Å². The van der Waals surface area contributed by atoms with Crippen LogP contribution in [0, 0.1) is 6.92 Å². The summed E-state index contributed by atoms with van der Waals surface area (Å²) in [5.41, 5.74) is 7.13. The van der Waals surface area contributed by atoms with Crippen LogP contribution in [0.4, 0.5) is 5.69 Å². The van der Waals surface area contributed by atoms with Gasteiger partial charge in [0.05, 0.1) is 50.1 Å². The van der Waals surface area contributed by atoms with Crippen LogP contribution in [0.1, 0.15) is 36.2 Å². The highest BCUT2D eigenvalue weighted by Crippen LogP contribution is 2.25. The normalized spacial score (nSPS) is 18.4. The fourth-order valence-corrected chi connectivity index (χ4v) is 3.55. The van der Waals surface area contributed by atoms with E-state index in [1.165, 1.54) is 11.8 Å². The lowest BCUT2D eigenvalue weighted by atomic mass is 10.1. The molecule has 2 unspecified atom stereocenters. The summed E-state index contributed by atoms with van der Waals surface area (Å²) in [6, 6.07) is 5.50. The number of nitrogens with zero attached hydrogens (tertiary/aromatic N) is 1. The average Bonchev–Trinajstić information content (AvgIpc) is 2.99. The van der Waals surface area contributed by atoms with Gasteiger partial charge in [0, 0.05) is 11.8 Å². The molecule has 29 heavy (non-hydrogen) atoms. The number of nitrogens with two attached hydrogens (primary N) is 1. The van der Waals surface area contributed by atoms with Crippen molar-refractivity contribution in [3.05, 3.63) is 29.3 Å². The summed E-state index contributed by atoms with van der Waals surface area (Å²) in [4.78, 5) is 29.4. The molecular weight excluding hydrogens is 392 g/mol. The molecule has 1 aliphatic heterocycles. The van der Waals surface area contributed by atoms with Gasteiger partial charge in [0.15, 0.2) is 5.17 Å². The predicted molar refractivity (Wildman–Crippen MR) is 117 cm³/mol. The van der Waals surface area contributed by atoms with Crippen LogP contribution in [-0.2, 0) is 14.3 Å². The van der Waals surface area contributed by atoms with Crippen molar-refractivity contribution in [2.45, 2.75) is 38.5 Å². The van der Waals surface area contributed by atoms with E-state index in [4.69, 9.17) is 15.2 Å². The van der Waals surface area contributed by atoms with Crippen molar-refractivity contribution in [1.82, 2.24) is 5.32 Å². The molecule has 160 valence electrons. The largest absolute Gasteiger partial charge is 0.379 e. The molecule has 1 aromatic rings. The van der Waals surface area contributed by atoms with Gasteiger partial charge in [-0.05, 0) is 26.0 Å². The predicted octanol–water partition coefficient (Wildman–Crippen LogP) is 1.93. The molecule has 9 heteroatoms. The molecule has 0 bridgehead atoms. The zero-order chi connectivity index (χ0) is 21.2. The summed E-state index contributed by atoms with van der Waals surface area (Å²) in [6.07, 6.45) is 0.184. The molecule has 1 aromatic carbocycles. The van der Waals surface area contributed by atoms with Crippen LogP contribution >= 0.6 is 11.8 Å². The van der Waals surface area contributed by atoms with E-state index in [0.29, 0.717) is 48.0 Å². The average molecular weight is 423 g/mol. The number of nitrogens with one attached hydrogen (secondary N) is 2. The van der Waals surface area contributed by atoms with Gasteiger partial charge >= 0.3 is 0 Å². The van der Waals surface area contributed by atoms with E-state index in [1.54, 1.807) is 12.1 Å². The molecule has 0 spiro atoms. The van der Waals surface area contributed by atoms with Gasteiger partial charge in [-0.2, -0.15) is 0 Å². The van der Waals surface area contributed by atoms with Crippen molar-refractivity contribution in [3.63, 3.8) is 0 Å². The van der Waals surface area contributed by atoms with Crippen LogP contribution in [0.5, 0.6) is 0 Å². The van der Waals surface area contributed by atoms with E-state index in [2.05, 4.69) is 22.5 Å². The van der Waals surface area contributed by atoms with Crippen LogP contribution in [0.25, 0.3) is 0 Å². The summed E-state index contributed by atoms with van der Waals surface area (Å²) in [6.45, 7) is 8.07. The molecule has 8 nitrogen and oxygen atoms in total. The Balaban J connectivity index is 1.88. The van der Waals surface area contributed by atoms with Crippen molar-refractivity contribution in [2.75, 3.05) is 38.3 Å². The van der Waals surface area contributed by atoms with Gasteiger partial charge in [0.1, 0.15) is 0 Å². The molecule has 0 saturated carbocycles. The standard InChI is InChI=1S/C20H30N4O4S/c1-13-4-5-17(23-18(25)6-8-27-10-11-28-9-7-21)16(12-13)19(26)24-20-22-14(2)15(3)29-20/h4-5,12,14-15H,6-11,21H2,1-3H3,(H,23,25)(H,22,24,26). The number of aryl methyl sites for hydroxylation is 1. The first-order valence-electron chi connectivity index (χ1n) is 9.72. The summed E-state index contributed by atoms with van der Waals surface area (Å²) >= 11 is 1.54. The van der Waals surface area contributed by atoms with Gasteiger partial charge in [0.2, 0.25) is 5.91 Å². The summed E-state index contributed by atoms with van der Waals surface area (Å²) in [5, 5.41) is 6.58. The third-order valence-electron chi connectivity index (χ3n) is 4.32. The first kappa shape index (κ1) is 23.3. The molecule has 1 aliphatic rings. The van der Waals surface area contributed by atoms with E-state index in [9.17, 15) is 9.59 Å². The Labute approximate surface area is 176 Å². The number of benzene rings is 1. The topological polar surface area (TPSA) is 115 Å². The van der Waals surface area contributed by atoms with Gasteiger partial charge in [-0.15, -0.1) is 0 Å². The fraction of sp³-hybridized carbons (Fsp3) is 0.550. The molecule has 2 amide bonds. The molecule has 2 rings (SSSR count). The molecule has 4 N–H and O–H groups in total. The summed E-state index contributed by atoms with van der Waals surface area (Å²) < 4.78 is 10.6. The Morgan fingerprint density at radius 1 is 1.14 bits per heavy atom. The molecule has 2 atom stereocenters. The minimum atomic E-state index is -0.287. The van der Waals surface area contributed by atoms with Crippen LogP contribution in [0.2, 0.25) is 0 Å². The van der Waals surface area contributed by atoms with Gasteiger partial charge in [-0.25, -0.2) is 0 Å². The van der Waals surface area contributed by atoms with Crippen molar-refractivity contribution in [1.29, 1.82) is 0 Å². The Kier molecular flexibility index (Phi) is 9.59. The quantitative estimate of drug-likeness (QED) is 0.496. The summed E-state index contributed by atoms with van der Waals surface area (Å²) in [5.74, 6) is -0.509. The molecule has 0 radical (unpaired) electrons. The zero-order valence-corrected chi connectivity index (χ0v) is 18.0. The van der Waals surface area contributed by atoms with E-state index in [-0.39, 0.29) is 30.9 Å². The second-order valence-corrected chi connectivity index (χ2v) is 8.18. The number of carbonyl (C=O) groups excluding carboxylic acids is 2. The Hall–Kier alpha value is -1.94. The Morgan fingerprint density at radius 3 is 2.52 bits per heavy atom. The highest BCUT2D eigenvalue weighted by atomic mass is 32.2. The lowest BCUT2D eigenvalue weighted by Crippen LogP contribution is -2.29. The molecule has 1 heterocycles. The summed E-state index contributed by atoms with van der Waals surface area (Å²) in [7, 11) is 0. The monoisotopic (exact) mass is 422 g/mol. The van der Waals surface area contributed by atoms with Crippen molar-refractivity contribution in [3.8, 4) is 0 Å². The molecule has 0 aliphatic carbocycles. The van der Waals surface area contributed by atoms with Gasteiger partial charge < -0.3 is 25.8 Å². The second-order valence-electron chi connectivity index (χ2n) is 6.81. The number of hydrogen-bond donors (Lipinski definition) is 3. The molecular formula is C20H30N4O4S. The highest BCUT2D eigenvalue weighted by molar-refractivity contribution is 8.14. The van der Waals surface area contributed by atoms with Gasteiger partial charge in [0.25, 0.3) is 5.91 Å².